The van der Waals surface area contributed by atoms with Gasteiger partial charge in [-0.3, -0.25) is 0 Å². The summed E-state index contributed by atoms with van der Waals surface area (Å²) in [6.45, 7) is 4.04. The monoisotopic (exact) mass is 284 g/mol. The molecule has 0 radical (unpaired) electrons. The van der Waals surface area contributed by atoms with Crippen molar-refractivity contribution in [2.75, 3.05) is 5.73 Å². The first-order valence-electron chi connectivity index (χ1n) is 6.43. The molecule has 0 spiro atoms. The highest BCUT2D eigenvalue weighted by Crippen LogP contribution is 2.23. The van der Waals surface area contributed by atoms with E-state index < -0.39 is 10.0 Å². The van der Waals surface area contributed by atoms with Gasteiger partial charge in [0.2, 0.25) is 0 Å². The molecule has 2 atom stereocenters. The van der Waals surface area contributed by atoms with Crippen LogP contribution < -0.4 is 10.6 Å². The van der Waals surface area contributed by atoms with Crippen LogP contribution in [0.15, 0.2) is 23.2 Å². The zero-order valence-electron chi connectivity index (χ0n) is 11.2. The lowest BCUT2D eigenvalue weighted by molar-refractivity contribution is 0.0790. The molecule has 1 saturated heterocycles. The van der Waals surface area contributed by atoms with Crippen LogP contribution in [0.5, 0.6) is 0 Å². The number of hydrogen-bond donors (Lipinski definition) is 2. The van der Waals surface area contributed by atoms with Crippen LogP contribution in [0.4, 0.5) is 5.82 Å². The standard InChI is InChI=1S/C12H20N4O2S/c1-9-5-3-6-10(2)16(9)15-19(17,18)11-7-4-8-14-12(11)13/h4,7-10,15H,3,5-6H2,1-2H3,(H2,13,14). The lowest BCUT2D eigenvalue weighted by Gasteiger charge is -2.38. The highest BCUT2D eigenvalue weighted by atomic mass is 32.2. The number of nitrogen functional groups attached to an aromatic ring is 1. The molecule has 106 valence electrons. The minimum absolute atomic E-state index is 0.0207. The van der Waals surface area contributed by atoms with Gasteiger partial charge in [0.25, 0.3) is 10.0 Å². The second-order valence-electron chi connectivity index (χ2n) is 5.02. The molecule has 1 aliphatic heterocycles. The Bertz CT molecular complexity index is 536. The molecule has 2 unspecified atom stereocenters. The zero-order valence-corrected chi connectivity index (χ0v) is 12.0. The van der Waals surface area contributed by atoms with Crippen LogP contribution in [0.2, 0.25) is 0 Å². The molecule has 6 nitrogen and oxygen atoms in total. The average molecular weight is 284 g/mol. The number of pyridine rings is 1. The highest BCUT2D eigenvalue weighted by molar-refractivity contribution is 7.89. The summed E-state index contributed by atoms with van der Waals surface area (Å²) < 4.78 is 24.7. The molecule has 2 rings (SSSR count). The summed E-state index contributed by atoms with van der Waals surface area (Å²) in [5.74, 6) is 0.0207. The molecule has 1 aromatic rings. The Kier molecular flexibility index (Phi) is 4.07. The molecule has 7 heteroatoms. The number of piperidine rings is 1. The SMILES string of the molecule is CC1CCCC(C)N1NS(=O)(=O)c1cccnc1N. The molecular weight excluding hydrogens is 264 g/mol. The van der Waals surface area contributed by atoms with Crippen molar-refractivity contribution in [3.63, 3.8) is 0 Å². The number of anilines is 1. The van der Waals surface area contributed by atoms with Gasteiger partial charge in [-0.1, -0.05) is 6.42 Å². The topological polar surface area (TPSA) is 88.3 Å². The number of hydrazine groups is 1. The number of aromatic nitrogens is 1. The van der Waals surface area contributed by atoms with Crippen LogP contribution >= 0.6 is 0 Å². The maximum Gasteiger partial charge on any atom is 0.257 e. The first-order valence-corrected chi connectivity index (χ1v) is 7.91. The van der Waals surface area contributed by atoms with E-state index in [1.807, 2.05) is 13.8 Å². The Hall–Kier alpha value is -1.18. The lowest BCUT2D eigenvalue weighted by atomic mass is 10.0. The quantitative estimate of drug-likeness (QED) is 0.868. The van der Waals surface area contributed by atoms with Crippen molar-refractivity contribution in [3.8, 4) is 0 Å². The fourth-order valence-corrected chi connectivity index (χ4v) is 3.74. The fraction of sp³-hybridized carbons (Fsp3) is 0.583. The number of nitrogens with one attached hydrogen (secondary N) is 1. The first-order chi connectivity index (χ1) is 8.92. The number of hydrogen-bond acceptors (Lipinski definition) is 5. The van der Waals surface area contributed by atoms with Crippen molar-refractivity contribution in [1.29, 1.82) is 0 Å². The Morgan fingerprint density at radius 3 is 2.58 bits per heavy atom. The van der Waals surface area contributed by atoms with E-state index in [1.54, 1.807) is 11.1 Å². The van der Waals surface area contributed by atoms with Gasteiger partial charge >= 0.3 is 0 Å². The van der Waals surface area contributed by atoms with E-state index in [0.717, 1.165) is 19.3 Å². The van der Waals surface area contributed by atoms with Gasteiger partial charge in [0.05, 0.1) is 0 Å². The second-order valence-corrected chi connectivity index (χ2v) is 6.65. The molecule has 0 bridgehead atoms. The Balaban J connectivity index is 2.24. The summed E-state index contributed by atoms with van der Waals surface area (Å²) in [6.07, 6.45) is 4.56. The number of nitrogens with zero attached hydrogens (tertiary/aromatic N) is 2. The van der Waals surface area contributed by atoms with Crippen molar-refractivity contribution in [2.24, 2.45) is 0 Å². The molecule has 0 amide bonds. The van der Waals surface area contributed by atoms with Crippen LogP contribution in [0.3, 0.4) is 0 Å². The molecule has 0 aliphatic carbocycles. The normalized spacial score (nSPS) is 25.4. The Morgan fingerprint density at radius 1 is 1.37 bits per heavy atom. The third-order valence-electron chi connectivity index (χ3n) is 3.51. The highest BCUT2D eigenvalue weighted by Gasteiger charge is 2.30. The van der Waals surface area contributed by atoms with Crippen LogP contribution in [-0.2, 0) is 10.0 Å². The Morgan fingerprint density at radius 2 is 2.00 bits per heavy atom. The number of nitrogens with two attached hydrogens (primary N) is 1. The first kappa shape index (κ1) is 14.2. The van der Waals surface area contributed by atoms with E-state index >= 15 is 0 Å². The third-order valence-corrected chi connectivity index (χ3v) is 4.88. The van der Waals surface area contributed by atoms with Gasteiger partial charge in [0, 0.05) is 18.3 Å². The van der Waals surface area contributed by atoms with Gasteiger partial charge in [0.15, 0.2) is 0 Å². The van der Waals surface area contributed by atoms with E-state index in [4.69, 9.17) is 5.73 Å². The maximum absolute atomic E-state index is 12.3. The molecule has 19 heavy (non-hydrogen) atoms. The fourth-order valence-electron chi connectivity index (χ4n) is 2.42. The molecule has 0 aromatic carbocycles. The molecular formula is C12H20N4O2S. The number of sulfonamides is 1. The summed E-state index contributed by atoms with van der Waals surface area (Å²) in [4.78, 5) is 6.48. The van der Waals surface area contributed by atoms with Gasteiger partial charge in [0.1, 0.15) is 10.7 Å². The molecule has 3 N–H and O–H groups in total. The van der Waals surface area contributed by atoms with E-state index in [2.05, 4.69) is 9.82 Å². The van der Waals surface area contributed by atoms with Gasteiger partial charge in [-0.15, -0.1) is 4.83 Å². The van der Waals surface area contributed by atoms with Crippen LogP contribution in [0, 0.1) is 0 Å². The van der Waals surface area contributed by atoms with Crippen LogP contribution in [-0.4, -0.2) is 30.5 Å². The van der Waals surface area contributed by atoms with Crippen LogP contribution in [0.25, 0.3) is 0 Å². The predicted molar refractivity (Wildman–Crippen MR) is 73.6 cm³/mol. The summed E-state index contributed by atoms with van der Waals surface area (Å²) in [6, 6.07) is 3.38. The molecule has 2 heterocycles. The van der Waals surface area contributed by atoms with E-state index in [-0.39, 0.29) is 22.8 Å². The molecule has 0 saturated carbocycles. The average Bonchev–Trinajstić information content (AvgIpc) is 2.34. The van der Waals surface area contributed by atoms with Gasteiger partial charge in [-0.25, -0.2) is 18.4 Å². The Labute approximate surface area is 114 Å². The van der Waals surface area contributed by atoms with Crippen molar-refractivity contribution >= 4 is 15.8 Å². The van der Waals surface area contributed by atoms with E-state index in [1.165, 1.54) is 12.3 Å². The zero-order chi connectivity index (χ0) is 14.0. The largest absolute Gasteiger partial charge is 0.383 e. The van der Waals surface area contributed by atoms with Crippen molar-refractivity contribution in [3.05, 3.63) is 18.3 Å². The lowest BCUT2D eigenvalue weighted by Crippen LogP contribution is -2.54. The maximum atomic E-state index is 12.3. The molecule has 1 fully saturated rings. The summed E-state index contributed by atoms with van der Waals surface area (Å²) in [5, 5.41) is 1.80. The van der Waals surface area contributed by atoms with Crippen molar-refractivity contribution < 1.29 is 8.42 Å². The van der Waals surface area contributed by atoms with Gasteiger partial charge < -0.3 is 5.73 Å². The predicted octanol–water partition coefficient (Wildman–Crippen LogP) is 1.12. The van der Waals surface area contributed by atoms with Gasteiger partial charge in [-0.05, 0) is 38.8 Å². The minimum atomic E-state index is -3.67. The minimum Gasteiger partial charge on any atom is -0.383 e. The third kappa shape index (κ3) is 3.05. The van der Waals surface area contributed by atoms with Crippen molar-refractivity contribution in [2.45, 2.75) is 50.1 Å². The summed E-state index contributed by atoms with van der Waals surface area (Å²) >= 11 is 0. The summed E-state index contributed by atoms with van der Waals surface area (Å²) in [7, 11) is -3.67. The number of rotatable bonds is 3. The second kappa shape index (κ2) is 5.44. The van der Waals surface area contributed by atoms with Crippen molar-refractivity contribution in [1.82, 2.24) is 14.8 Å². The van der Waals surface area contributed by atoms with E-state index in [9.17, 15) is 8.42 Å². The van der Waals surface area contributed by atoms with Gasteiger partial charge in [-0.2, -0.15) is 0 Å². The molecule has 1 aromatic heterocycles. The van der Waals surface area contributed by atoms with E-state index in [0.29, 0.717) is 0 Å². The smallest absolute Gasteiger partial charge is 0.257 e. The molecule has 1 aliphatic rings. The van der Waals surface area contributed by atoms with Crippen LogP contribution in [0.1, 0.15) is 33.1 Å². The summed E-state index contributed by atoms with van der Waals surface area (Å²) in [5.41, 5.74) is 5.63.